The summed E-state index contributed by atoms with van der Waals surface area (Å²) in [5.74, 6) is 0.746. The van der Waals surface area contributed by atoms with Crippen LogP contribution in [0.25, 0.3) is 11.0 Å². The summed E-state index contributed by atoms with van der Waals surface area (Å²) in [6.45, 7) is 8.18. The van der Waals surface area contributed by atoms with Crippen molar-refractivity contribution in [2.24, 2.45) is 0 Å². The highest BCUT2D eigenvalue weighted by Gasteiger charge is 2.09. The Kier molecular flexibility index (Phi) is 5.43. The molecule has 1 heterocycles. The number of benzene rings is 1. The first-order valence-corrected chi connectivity index (χ1v) is 7.81. The van der Waals surface area contributed by atoms with Crippen LogP contribution in [0.5, 0.6) is 5.75 Å². The average molecular weight is 312 g/mol. The molecule has 0 saturated carbocycles. The summed E-state index contributed by atoms with van der Waals surface area (Å²) in [6.07, 6.45) is 5.58. The molecule has 23 heavy (non-hydrogen) atoms. The third-order valence-corrected chi connectivity index (χ3v) is 3.67. The lowest BCUT2D eigenvalue weighted by Crippen LogP contribution is -2.06. The van der Waals surface area contributed by atoms with Crippen LogP contribution in [0.4, 0.5) is 0 Å². The molecule has 3 heteroatoms. The predicted octanol–water partition coefficient (Wildman–Crippen LogP) is 4.82. The first-order valence-electron chi connectivity index (χ1n) is 7.81. The number of methoxy groups -OCH3 is 1. The Morgan fingerprint density at radius 2 is 1.57 bits per heavy atom. The van der Waals surface area contributed by atoms with Gasteiger partial charge in [-0.1, -0.05) is 23.3 Å². The van der Waals surface area contributed by atoms with Gasteiger partial charge in [-0.2, -0.15) is 0 Å². The van der Waals surface area contributed by atoms with Crippen LogP contribution < -0.4 is 10.4 Å². The molecule has 2 rings (SSSR count). The zero-order chi connectivity index (χ0) is 17.0. The summed E-state index contributed by atoms with van der Waals surface area (Å²) in [5.41, 5.74) is 4.49. The molecule has 0 amide bonds. The lowest BCUT2D eigenvalue weighted by atomic mass is 10.0. The Morgan fingerprint density at radius 1 is 1.00 bits per heavy atom. The first-order chi connectivity index (χ1) is 10.9. The largest absolute Gasteiger partial charge is 0.496 e. The molecule has 0 aliphatic carbocycles. The number of hydrogen-bond donors (Lipinski definition) is 0. The molecule has 0 aliphatic heterocycles. The number of hydrogen-bond acceptors (Lipinski definition) is 3. The van der Waals surface area contributed by atoms with E-state index >= 15 is 0 Å². The molecule has 1 aromatic heterocycles. The molecule has 122 valence electrons. The van der Waals surface area contributed by atoms with Gasteiger partial charge in [0.05, 0.1) is 7.11 Å². The van der Waals surface area contributed by atoms with E-state index in [1.165, 1.54) is 11.1 Å². The van der Waals surface area contributed by atoms with Crippen LogP contribution in [0.2, 0.25) is 0 Å². The van der Waals surface area contributed by atoms with Gasteiger partial charge in [0.25, 0.3) is 0 Å². The fourth-order valence-corrected chi connectivity index (χ4v) is 2.36. The molecular weight excluding hydrogens is 288 g/mol. The van der Waals surface area contributed by atoms with E-state index in [9.17, 15) is 4.79 Å². The van der Waals surface area contributed by atoms with Gasteiger partial charge in [0.15, 0.2) is 0 Å². The molecule has 0 unspecified atom stereocenters. The second kappa shape index (κ2) is 7.32. The van der Waals surface area contributed by atoms with Gasteiger partial charge in [-0.3, -0.25) is 0 Å². The smallest absolute Gasteiger partial charge is 0.339 e. The topological polar surface area (TPSA) is 39.4 Å². The highest BCUT2D eigenvalue weighted by Crippen LogP contribution is 2.27. The highest BCUT2D eigenvalue weighted by molar-refractivity contribution is 5.80. The van der Waals surface area contributed by atoms with Gasteiger partial charge in [0, 0.05) is 17.0 Å². The molecule has 2 aromatic rings. The van der Waals surface area contributed by atoms with Crippen molar-refractivity contribution >= 4 is 11.0 Å². The lowest BCUT2D eigenvalue weighted by molar-refractivity contribution is 0.410. The van der Waals surface area contributed by atoms with Gasteiger partial charge >= 0.3 is 5.63 Å². The van der Waals surface area contributed by atoms with E-state index in [0.29, 0.717) is 17.6 Å². The van der Waals surface area contributed by atoms with Crippen LogP contribution in [-0.4, -0.2) is 7.11 Å². The predicted molar refractivity (Wildman–Crippen MR) is 95.3 cm³/mol. The van der Waals surface area contributed by atoms with E-state index in [4.69, 9.17) is 9.15 Å². The summed E-state index contributed by atoms with van der Waals surface area (Å²) in [4.78, 5) is 12.1. The summed E-state index contributed by atoms with van der Waals surface area (Å²) in [6, 6.07) is 5.77. The van der Waals surface area contributed by atoms with Crippen molar-refractivity contribution in [3.8, 4) is 5.75 Å². The number of rotatable bonds is 5. The van der Waals surface area contributed by atoms with Gasteiger partial charge in [-0.05, 0) is 58.2 Å². The van der Waals surface area contributed by atoms with Crippen molar-refractivity contribution in [3.05, 3.63) is 63.0 Å². The first kappa shape index (κ1) is 17.1. The van der Waals surface area contributed by atoms with Crippen molar-refractivity contribution in [2.75, 3.05) is 7.11 Å². The number of fused-ring (bicyclic) bond motifs is 1. The van der Waals surface area contributed by atoms with Gasteiger partial charge in [-0.15, -0.1) is 0 Å². The fourth-order valence-electron chi connectivity index (χ4n) is 2.36. The summed E-state index contributed by atoms with van der Waals surface area (Å²) >= 11 is 0. The molecule has 0 saturated heterocycles. The van der Waals surface area contributed by atoms with Crippen molar-refractivity contribution in [2.45, 2.75) is 40.5 Å². The Labute approximate surface area is 137 Å². The molecule has 0 N–H and O–H groups in total. The molecule has 0 bridgehead atoms. The summed E-state index contributed by atoms with van der Waals surface area (Å²) in [5, 5.41) is 0.930. The number of ether oxygens (including phenoxy) is 1. The van der Waals surface area contributed by atoms with E-state index < -0.39 is 0 Å². The minimum absolute atomic E-state index is 0.283. The Morgan fingerprint density at radius 3 is 2.13 bits per heavy atom. The van der Waals surface area contributed by atoms with E-state index in [0.717, 1.165) is 23.1 Å². The fraction of sp³-hybridized carbons (Fsp3) is 0.350. The van der Waals surface area contributed by atoms with Crippen LogP contribution in [-0.2, 0) is 12.8 Å². The SMILES string of the molecule is COc1cc2oc(=O)c(CC=C(C)C)cc2cc1CC=C(C)C. The summed E-state index contributed by atoms with van der Waals surface area (Å²) < 4.78 is 10.9. The molecule has 1 aromatic carbocycles. The molecule has 0 atom stereocenters. The molecule has 0 fully saturated rings. The van der Waals surface area contributed by atoms with Crippen molar-refractivity contribution in [1.82, 2.24) is 0 Å². The Bertz CT molecular complexity index is 815. The van der Waals surface area contributed by atoms with Gasteiger partial charge < -0.3 is 9.15 Å². The van der Waals surface area contributed by atoms with Crippen molar-refractivity contribution in [1.29, 1.82) is 0 Å². The maximum absolute atomic E-state index is 12.1. The maximum atomic E-state index is 12.1. The number of allylic oxidation sites excluding steroid dienone is 4. The van der Waals surface area contributed by atoms with E-state index in [1.54, 1.807) is 13.2 Å². The molecule has 0 spiro atoms. The minimum atomic E-state index is -0.283. The van der Waals surface area contributed by atoms with Crippen LogP contribution in [0.1, 0.15) is 38.8 Å². The van der Waals surface area contributed by atoms with E-state index in [2.05, 4.69) is 19.9 Å². The zero-order valence-corrected chi connectivity index (χ0v) is 14.5. The molecular formula is C20H24O3. The highest BCUT2D eigenvalue weighted by atomic mass is 16.5. The average Bonchev–Trinajstić information content (AvgIpc) is 2.49. The van der Waals surface area contributed by atoms with E-state index in [-0.39, 0.29) is 5.63 Å². The minimum Gasteiger partial charge on any atom is -0.496 e. The molecule has 0 aliphatic rings. The van der Waals surface area contributed by atoms with E-state index in [1.807, 2.05) is 32.1 Å². The van der Waals surface area contributed by atoms with Gasteiger partial charge in [0.2, 0.25) is 0 Å². The van der Waals surface area contributed by atoms with Crippen LogP contribution in [0.3, 0.4) is 0 Å². The van der Waals surface area contributed by atoms with Crippen LogP contribution in [0, 0.1) is 0 Å². The maximum Gasteiger partial charge on any atom is 0.339 e. The van der Waals surface area contributed by atoms with Crippen molar-refractivity contribution in [3.63, 3.8) is 0 Å². The third kappa shape index (κ3) is 4.35. The molecule has 0 radical (unpaired) electrons. The quantitative estimate of drug-likeness (QED) is 0.587. The second-order valence-corrected chi connectivity index (χ2v) is 6.23. The van der Waals surface area contributed by atoms with Gasteiger partial charge in [-0.25, -0.2) is 4.79 Å². The monoisotopic (exact) mass is 312 g/mol. The normalized spacial score (nSPS) is 10.5. The zero-order valence-electron chi connectivity index (χ0n) is 14.5. The Hall–Kier alpha value is -2.29. The van der Waals surface area contributed by atoms with Crippen LogP contribution >= 0.6 is 0 Å². The van der Waals surface area contributed by atoms with Gasteiger partial charge in [0.1, 0.15) is 11.3 Å². The Balaban J connectivity index is 2.53. The lowest BCUT2D eigenvalue weighted by Gasteiger charge is -2.09. The second-order valence-electron chi connectivity index (χ2n) is 6.23. The van der Waals surface area contributed by atoms with Crippen molar-refractivity contribution < 1.29 is 9.15 Å². The summed E-state index contributed by atoms with van der Waals surface area (Å²) in [7, 11) is 1.63. The molecule has 3 nitrogen and oxygen atoms in total. The third-order valence-electron chi connectivity index (χ3n) is 3.67. The standard InChI is InChI=1S/C20H24O3/c1-13(2)6-8-15-10-17-11-16(9-7-14(3)4)20(21)23-19(17)12-18(15)22-5/h6-7,10-12H,8-9H2,1-5H3. The van der Waals surface area contributed by atoms with Crippen LogP contribution in [0.15, 0.2) is 50.7 Å².